The molecule has 1 heterocycles. The van der Waals surface area contributed by atoms with Gasteiger partial charge in [-0.15, -0.1) is 5.10 Å². The van der Waals surface area contributed by atoms with E-state index in [-0.39, 0.29) is 11.5 Å². The minimum atomic E-state index is -0.286. The zero-order valence-electron chi connectivity index (χ0n) is 12.4. The van der Waals surface area contributed by atoms with Crippen molar-refractivity contribution in [2.45, 2.75) is 6.92 Å². The van der Waals surface area contributed by atoms with Crippen LogP contribution in [0.1, 0.15) is 22.5 Å². The van der Waals surface area contributed by atoms with Gasteiger partial charge in [-0.05, 0) is 42.8 Å². The molecule has 0 radical (unpaired) electrons. The van der Waals surface area contributed by atoms with Gasteiger partial charge in [0.25, 0.3) is 0 Å². The fraction of sp³-hybridized carbons (Fsp3) is 0.0556. The number of hydrogen-bond acceptors (Lipinski definition) is 3. The van der Waals surface area contributed by atoms with Gasteiger partial charge in [0.1, 0.15) is 17.6 Å². The lowest BCUT2D eigenvalue weighted by atomic mass is 10.2. The summed E-state index contributed by atoms with van der Waals surface area (Å²) in [6.45, 7) is 2.00. The lowest BCUT2D eigenvalue weighted by Crippen LogP contribution is -1.99. The topological polar surface area (TPSA) is 54.5 Å². The molecule has 0 atom stereocenters. The molecule has 0 saturated carbocycles. The molecule has 0 bridgehead atoms. The monoisotopic (exact) mass is 304 g/mol. The summed E-state index contributed by atoms with van der Waals surface area (Å²) in [5.74, 6) is -0.286. The normalized spacial score (nSPS) is 10.8. The molecule has 5 heteroatoms. The third kappa shape index (κ3) is 3.16. The van der Waals surface area contributed by atoms with Crippen molar-refractivity contribution < 1.29 is 4.39 Å². The SMILES string of the molecule is Cc1ccc(-n2nnc(C#N)c2/C=C/c2ccc(F)cc2)cc1. The minimum absolute atomic E-state index is 0.240. The molecule has 0 N–H and O–H groups in total. The Bertz CT molecular complexity index is 884. The van der Waals surface area contributed by atoms with Gasteiger partial charge in [-0.25, -0.2) is 9.07 Å². The van der Waals surface area contributed by atoms with Crippen molar-refractivity contribution in [1.29, 1.82) is 5.26 Å². The number of rotatable bonds is 3. The van der Waals surface area contributed by atoms with Crippen LogP contribution in [-0.4, -0.2) is 15.0 Å². The third-order valence-corrected chi connectivity index (χ3v) is 3.39. The lowest BCUT2D eigenvalue weighted by Gasteiger charge is -2.03. The molecule has 0 saturated heterocycles. The van der Waals surface area contributed by atoms with Crippen molar-refractivity contribution in [2.75, 3.05) is 0 Å². The molecule has 0 spiro atoms. The zero-order valence-corrected chi connectivity index (χ0v) is 12.4. The maximum Gasteiger partial charge on any atom is 0.190 e. The van der Waals surface area contributed by atoms with Crippen LogP contribution in [0.2, 0.25) is 0 Å². The molecule has 3 rings (SSSR count). The van der Waals surface area contributed by atoms with E-state index < -0.39 is 0 Å². The van der Waals surface area contributed by atoms with Gasteiger partial charge in [-0.3, -0.25) is 0 Å². The first kappa shape index (κ1) is 14.7. The number of aryl methyl sites for hydroxylation is 1. The number of aromatic nitrogens is 3. The summed E-state index contributed by atoms with van der Waals surface area (Å²) in [4.78, 5) is 0. The van der Waals surface area contributed by atoms with Crippen LogP contribution >= 0.6 is 0 Å². The van der Waals surface area contributed by atoms with Crippen LogP contribution in [0.15, 0.2) is 48.5 Å². The summed E-state index contributed by atoms with van der Waals surface area (Å²) in [6, 6.07) is 15.9. The maximum absolute atomic E-state index is 12.9. The van der Waals surface area contributed by atoms with E-state index in [1.54, 1.807) is 29.0 Å². The van der Waals surface area contributed by atoms with E-state index in [0.29, 0.717) is 5.69 Å². The van der Waals surface area contributed by atoms with E-state index in [9.17, 15) is 9.65 Å². The summed E-state index contributed by atoms with van der Waals surface area (Å²) in [5.41, 5.74) is 3.61. The van der Waals surface area contributed by atoms with Crippen molar-refractivity contribution in [1.82, 2.24) is 15.0 Å². The second-order valence-electron chi connectivity index (χ2n) is 5.07. The smallest absolute Gasteiger partial charge is 0.190 e. The number of hydrogen-bond donors (Lipinski definition) is 0. The quantitative estimate of drug-likeness (QED) is 0.740. The van der Waals surface area contributed by atoms with Crippen LogP contribution in [-0.2, 0) is 0 Å². The first-order chi connectivity index (χ1) is 11.2. The van der Waals surface area contributed by atoms with Crippen LogP contribution < -0.4 is 0 Å². The van der Waals surface area contributed by atoms with E-state index in [2.05, 4.69) is 10.3 Å². The molecule has 23 heavy (non-hydrogen) atoms. The standard InChI is InChI=1S/C18H13FN4/c1-13-2-9-16(10-3-13)23-18(17(12-20)21-22-23)11-6-14-4-7-15(19)8-5-14/h2-11H,1H3/b11-6+. The van der Waals surface area contributed by atoms with Crippen LogP contribution in [0, 0.1) is 24.1 Å². The minimum Gasteiger partial charge on any atom is -0.212 e. The molecule has 0 amide bonds. The predicted molar refractivity (Wildman–Crippen MR) is 86.1 cm³/mol. The average Bonchev–Trinajstić information content (AvgIpc) is 2.98. The molecule has 4 nitrogen and oxygen atoms in total. The highest BCUT2D eigenvalue weighted by atomic mass is 19.1. The summed E-state index contributed by atoms with van der Waals surface area (Å²) >= 11 is 0. The summed E-state index contributed by atoms with van der Waals surface area (Å²) in [6.07, 6.45) is 3.55. The van der Waals surface area contributed by atoms with Crippen LogP contribution in [0.3, 0.4) is 0 Å². The van der Waals surface area contributed by atoms with Crippen molar-refractivity contribution in [3.63, 3.8) is 0 Å². The Morgan fingerprint density at radius 3 is 2.39 bits per heavy atom. The molecular weight excluding hydrogens is 291 g/mol. The van der Waals surface area contributed by atoms with E-state index in [0.717, 1.165) is 16.8 Å². The second kappa shape index (κ2) is 6.24. The first-order valence-corrected chi connectivity index (χ1v) is 7.04. The Balaban J connectivity index is 2.01. The summed E-state index contributed by atoms with van der Waals surface area (Å²) < 4.78 is 14.6. The molecule has 112 valence electrons. The summed E-state index contributed by atoms with van der Waals surface area (Å²) in [5, 5.41) is 17.2. The van der Waals surface area contributed by atoms with Gasteiger partial charge in [0.05, 0.1) is 5.69 Å². The molecule has 3 aromatic rings. The van der Waals surface area contributed by atoms with Crippen molar-refractivity contribution in [3.05, 3.63) is 76.9 Å². The Labute approximate surface area is 133 Å². The van der Waals surface area contributed by atoms with Gasteiger partial charge in [-0.1, -0.05) is 41.1 Å². The predicted octanol–water partition coefficient (Wildman–Crippen LogP) is 3.76. The van der Waals surface area contributed by atoms with Crippen molar-refractivity contribution in [3.8, 4) is 11.8 Å². The third-order valence-electron chi connectivity index (χ3n) is 3.39. The Morgan fingerprint density at radius 2 is 1.74 bits per heavy atom. The highest BCUT2D eigenvalue weighted by Gasteiger charge is 2.11. The lowest BCUT2D eigenvalue weighted by molar-refractivity contribution is 0.628. The number of halogens is 1. The van der Waals surface area contributed by atoms with Gasteiger partial charge in [0, 0.05) is 0 Å². The molecule has 2 aromatic carbocycles. The highest BCUT2D eigenvalue weighted by Crippen LogP contribution is 2.16. The van der Waals surface area contributed by atoms with Gasteiger partial charge in [0.15, 0.2) is 5.69 Å². The van der Waals surface area contributed by atoms with Gasteiger partial charge >= 0.3 is 0 Å². The number of nitrogens with zero attached hydrogens (tertiary/aromatic N) is 4. The highest BCUT2D eigenvalue weighted by molar-refractivity contribution is 5.70. The van der Waals surface area contributed by atoms with E-state index in [4.69, 9.17) is 0 Å². The summed E-state index contributed by atoms with van der Waals surface area (Å²) in [7, 11) is 0. The van der Waals surface area contributed by atoms with Gasteiger partial charge in [0.2, 0.25) is 0 Å². The fourth-order valence-electron chi connectivity index (χ4n) is 2.14. The maximum atomic E-state index is 12.9. The van der Waals surface area contributed by atoms with Crippen LogP contribution in [0.25, 0.3) is 17.8 Å². The van der Waals surface area contributed by atoms with Crippen LogP contribution in [0.4, 0.5) is 4.39 Å². The largest absolute Gasteiger partial charge is 0.212 e. The Kier molecular flexibility index (Phi) is 3.98. The van der Waals surface area contributed by atoms with E-state index >= 15 is 0 Å². The molecule has 0 aliphatic carbocycles. The molecule has 1 aromatic heterocycles. The average molecular weight is 304 g/mol. The van der Waals surface area contributed by atoms with Gasteiger partial charge in [-0.2, -0.15) is 5.26 Å². The van der Waals surface area contributed by atoms with Gasteiger partial charge < -0.3 is 0 Å². The zero-order chi connectivity index (χ0) is 16.2. The molecule has 0 aliphatic heterocycles. The Morgan fingerprint density at radius 1 is 1.04 bits per heavy atom. The van der Waals surface area contributed by atoms with E-state index in [1.807, 2.05) is 37.3 Å². The Hall–Kier alpha value is -3.26. The number of benzene rings is 2. The second-order valence-corrected chi connectivity index (χ2v) is 5.07. The molecular formula is C18H13FN4. The van der Waals surface area contributed by atoms with E-state index in [1.165, 1.54) is 12.1 Å². The molecule has 0 fully saturated rings. The molecule has 0 aliphatic rings. The van der Waals surface area contributed by atoms with Crippen molar-refractivity contribution >= 4 is 12.2 Å². The fourth-order valence-corrected chi connectivity index (χ4v) is 2.14. The van der Waals surface area contributed by atoms with Crippen LogP contribution in [0.5, 0.6) is 0 Å². The van der Waals surface area contributed by atoms with Crippen molar-refractivity contribution in [2.24, 2.45) is 0 Å². The first-order valence-electron chi connectivity index (χ1n) is 7.04. The number of nitriles is 1. The molecule has 0 unspecified atom stereocenters.